The van der Waals surface area contributed by atoms with Crippen molar-refractivity contribution in [2.24, 2.45) is 0 Å². The predicted molar refractivity (Wildman–Crippen MR) is 205 cm³/mol. The van der Waals surface area contributed by atoms with E-state index in [2.05, 4.69) is 162 Å². The maximum atomic E-state index is 5.19. The first-order valence-electron chi connectivity index (χ1n) is 16.7. The van der Waals surface area contributed by atoms with Crippen molar-refractivity contribution in [1.82, 2.24) is 14.5 Å². The van der Waals surface area contributed by atoms with Crippen molar-refractivity contribution in [3.63, 3.8) is 0 Å². The third-order valence-electron chi connectivity index (χ3n) is 9.79. The SMILES string of the molecule is c1ccc(-c2nc(-c3cccc(-c4ccc5c6ccccc6c6ccccc6c5c4)c3)cc(-n3c4ccccc4c4ccccc43)n2)cc1. The van der Waals surface area contributed by atoms with Gasteiger partial charge in [-0.1, -0.05) is 146 Å². The summed E-state index contributed by atoms with van der Waals surface area (Å²) in [5, 5.41) is 10.1. The summed E-state index contributed by atoms with van der Waals surface area (Å²) in [6.07, 6.45) is 0. The van der Waals surface area contributed by atoms with Crippen molar-refractivity contribution < 1.29 is 0 Å². The van der Waals surface area contributed by atoms with Crippen LogP contribution in [0.4, 0.5) is 0 Å². The lowest BCUT2D eigenvalue weighted by Crippen LogP contribution is -2.02. The second-order valence-electron chi connectivity index (χ2n) is 12.6. The molecular weight excluding hydrogens is 595 g/mol. The monoisotopic (exact) mass is 623 g/mol. The fourth-order valence-corrected chi connectivity index (χ4v) is 7.53. The Morgan fingerprint density at radius 2 is 0.796 bits per heavy atom. The van der Waals surface area contributed by atoms with Crippen molar-refractivity contribution in [1.29, 1.82) is 0 Å². The van der Waals surface area contributed by atoms with Gasteiger partial charge >= 0.3 is 0 Å². The molecule has 228 valence electrons. The average Bonchev–Trinajstić information content (AvgIpc) is 3.52. The minimum Gasteiger partial charge on any atom is -0.294 e. The fraction of sp³-hybridized carbons (Fsp3) is 0. The Bertz CT molecular complexity index is 2790. The number of nitrogens with zero attached hydrogens (tertiary/aromatic N) is 3. The largest absolute Gasteiger partial charge is 0.294 e. The van der Waals surface area contributed by atoms with Crippen LogP contribution in [0.15, 0.2) is 176 Å². The molecule has 0 saturated heterocycles. The van der Waals surface area contributed by atoms with Gasteiger partial charge in [0.05, 0.1) is 16.7 Å². The predicted octanol–water partition coefficient (Wildman–Crippen LogP) is 12.0. The van der Waals surface area contributed by atoms with Gasteiger partial charge in [-0.05, 0) is 67.7 Å². The average molecular weight is 624 g/mol. The van der Waals surface area contributed by atoms with E-state index in [9.17, 15) is 0 Å². The molecule has 0 amide bonds. The second kappa shape index (κ2) is 11.0. The number of benzene rings is 8. The molecule has 0 aliphatic heterocycles. The first kappa shape index (κ1) is 27.5. The quantitative estimate of drug-likeness (QED) is 0.183. The van der Waals surface area contributed by atoms with Crippen LogP contribution in [0.25, 0.3) is 93.7 Å². The van der Waals surface area contributed by atoms with E-state index in [0.29, 0.717) is 5.82 Å². The Morgan fingerprint density at radius 1 is 0.306 bits per heavy atom. The summed E-state index contributed by atoms with van der Waals surface area (Å²) in [6.45, 7) is 0. The molecule has 0 aliphatic rings. The molecule has 3 heteroatoms. The van der Waals surface area contributed by atoms with Gasteiger partial charge in [0.2, 0.25) is 0 Å². The van der Waals surface area contributed by atoms with E-state index >= 15 is 0 Å². The van der Waals surface area contributed by atoms with Gasteiger partial charge in [0.1, 0.15) is 5.82 Å². The van der Waals surface area contributed by atoms with Crippen molar-refractivity contribution in [2.75, 3.05) is 0 Å². The smallest absolute Gasteiger partial charge is 0.162 e. The van der Waals surface area contributed by atoms with Crippen molar-refractivity contribution >= 4 is 54.1 Å². The van der Waals surface area contributed by atoms with E-state index in [0.717, 1.165) is 39.2 Å². The molecule has 49 heavy (non-hydrogen) atoms. The molecule has 10 aromatic rings. The van der Waals surface area contributed by atoms with Gasteiger partial charge in [0.15, 0.2) is 5.82 Å². The molecule has 0 aliphatic carbocycles. The number of hydrogen-bond donors (Lipinski definition) is 0. The summed E-state index contributed by atoms with van der Waals surface area (Å²) >= 11 is 0. The molecule has 10 rings (SSSR count). The van der Waals surface area contributed by atoms with Crippen LogP contribution in [-0.2, 0) is 0 Å². The number of fused-ring (bicyclic) bond motifs is 9. The van der Waals surface area contributed by atoms with Crippen LogP contribution in [-0.4, -0.2) is 14.5 Å². The van der Waals surface area contributed by atoms with Crippen LogP contribution in [0.3, 0.4) is 0 Å². The molecule has 0 fully saturated rings. The number of aromatic nitrogens is 3. The first-order chi connectivity index (χ1) is 24.3. The van der Waals surface area contributed by atoms with Gasteiger partial charge in [0, 0.05) is 28.0 Å². The van der Waals surface area contributed by atoms with Crippen molar-refractivity contribution in [3.8, 4) is 39.6 Å². The Labute approximate surface area is 283 Å². The lowest BCUT2D eigenvalue weighted by atomic mass is 9.92. The molecule has 3 nitrogen and oxygen atoms in total. The molecule has 0 spiro atoms. The van der Waals surface area contributed by atoms with Crippen LogP contribution < -0.4 is 0 Å². The highest BCUT2D eigenvalue weighted by atomic mass is 15.1. The van der Waals surface area contributed by atoms with Gasteiger partial charge in [0.25, 0.3) is 0 Å². The molecule has 2 aromatic heterocycles. The Hall–Kier alpha value is -6.58. The molecule has 0 atom stereocenters. The molecule has 0 N–H and O–H groups in total. The van der Waals surface area contributed by atoms with E-state index in [1.165, 1.54) is 48.7 Å². The van der Waals surface area contributed by atoms with Gasteiger partial charge in [-0.15, -0.1) is 0 Å². The van der Waals surface area contributed by atoms with E-state index < -0.39 is 0 Å². The van der Waals surface area contributed by atoms with Crippen molar-refractivity contribution in [3.05, 3.63) is 176 Å². The maximum Gasteiger partial charge on any atom is 0.162 e. The summed E-state index contributed by atoms with van der Waals surface area (Å²) in [4.78, 5) is 10.4. The van der Waals surface area contributed by atoms with Gasteiger partial charge in [-0.2, -0.15) is 0 Å². The van der Waals surface area contributed by atoms with Crippen LogP contribution >= 0.6 is 0 Å². The lowest BCUT2D eigenvalue weighted by molar-refractivity contribution is 1.05. The normalized spacial score (nSPS) is 11.7. The molecule has 0 unspecified atom stereocenters. The third-order valence-corrected chi connectivity index (χ3v) is 9.79. The highest BCUT2D eigenvalue weighted by molar-refractivity contribution is 6.25. The van der Waals surface area contributed by atoms with Crippen LogP contribution in [0, 0.1) is 0 Å². The zero-order valence-corrected chi connectivity index (χ0v) is 26.6. The van der Waals surface area contributed by atoms with Gasteiger partial charge < -0.3 is 0 Å². The van der Waals surface area contributed by atoms with E-state index in [4.69, 9.17) is 9.97 Å². The topological polar surface area (TPSA) is 30.7 Å². The summed E-state index contributed by atoms with van der Waals surface area (Å²) in [5.74, 6) is 1.54. The molecule has 2 heterocycles. The standard InChI is InChI=1S/C46H29N3/c1-2-13-30(14-3-1)46-47-42(29-45(48-46)49-43-23-10-8-21-39(43)40-22-9-11-24-44(40)49)33-16-12-15-31(27-33)32-25-26-38-36-19-5-4-17-34(36)35-18-6-7-20-37(35)41(38)28-32/h1-29H. The number of rotatable bonds is 4. The van der Waals surface area contributed by atoms with Crippen molar-refractivity contribution in [2.45, 2.75) is 0 Å². The summed E-state index contributed by atoms with van der Waals surface area (Å²) in [6, 6.07) is 62.6. The number of hydrogen-bond acceptors (Lipinski definition) is 2. The van der Waals surface area contributed by atoms with Gasteiger partial charge in [-0.3, -0.25) is 4.57 Å². The number of para-hydroxylation sites is 2. The Morgan fingerprint density at radius 3 is 1.45 bits per heavy atom. The van der Waals surface area contributed by atoms with Crippen LogP contribution in [0.2, 0.25) is 0 Å². The summed E-state index contributed by atoms with van der Waals surface area (Å²) < 4.78 is 2.27. The van der Waals surface area contributed by atoms with E-state index in [1.54, 1.807) is 0 Å². The lowest BCUT2D eigenvalue weighted by Gasteiger charge is -2.14. The minimum atomic E-state index is 0.699. The zero-order valence-electron chi connectivity index (χ0n) is 26.6. The first-order valence-corrected chi connectivity index (χ1v) is 16.7. The molecule has 0 bridgehead atoms. The van der Waals surface area contributed by atoms with E-state index in [-0.39, 0.29) is 0 Å². The zero-order chi connectivity index (χ0) is 32.3. The highest BCUT2D eigenvalue weighted by Crippen LogP contribution is 2.38. The molecule has 0 saturated carbocycles. The highest BCUT2D eigenvalue weighted by Gasteiger charge is 2.17. The molecular formula is C46H29N3. The third kappa shape index (κ3) is 4.44. The Kier molecular flexibility index (Phi) is 6.18. The second-order valence-corrected chi connectivity index (χ2v) is 12.6. The summed E-state index contributed by atoms with van der Waals surface area (Å²) in [5.41, 5.74) is 7.47. The fourth-order valence-electron chi connectivity index (χ4n) is 7.53. The van der Waals surface area contributed by atoms with Gasteiger partial charge in [-0.25, -0.2) is 9.97 Å². The molecule has 0 radical (unpaired) electrons. The van der Waals surface area contributed by atoms with E-state index in [1.807, 2.05) is 18.2 Å². The molecule has 8 aromatic carbocycles. The van der Waals surface area contributed by atoms with Crippen LogP contribution in [0.1, 0.15) is 0 Å². The summed E-state index contributed by atoms with van der Waals surface area (Å²) in [7, 11) is 0. The Balaban J connectivity index is 1.17. The maximum absolute atomic E-state index is 5.19. The van der Waals surface area contributed by atoms with Crippen LogP contribution in [0.5, 0.6) is 0 Å². The minimum absolute atomic E-state index is 0.699.